The molecule has 0 fully saturated rings. The highest BCUT2D eigenvalue weighted by Gasteiger charge is 2.11. The molecule has 280 valence electrons. The molecular formula is C44H33N7O6. The molecule has 0 unspecified atom stereocenters. The van der Waals surface area contributed by atoms with Crippen LogP contribution >= 0.6 is 0 Å². The van der Waals surface area contributed by atoms with Gasteiger partial charge in [-0.3, -0.25) is 15.0 Å². The largest absolute Gasteiger partial charge is 0.508 e. The smallest absolute Gasteiger partial charge is 0.228 e. The quantitative estimate of drug-likeness (QED) is 0.147. The van der Waals surface area contributed by atoms with Crippen LogP contribution in [-0.4, -0.2) is 42.1 Å². The third kappa shape index (κ3) is 8.68. The predicted molar refractivity (Wildman–Crippen MR) is 215 cm³/mol. The molecule has 0 amide bonds. The summed E-state index contributed by atoms with van der Waals surface area (Å²) in [5, 5.41) is 9.32. The minimum Gasteiger partial charge on any atom is -0.508 e. The number of rotatable bonds is 7. The number of nitrogens with zero attached hydrogens (tertiary/aromatic N) is 6. The lowest BCUT2D eigenvalue weighted by molar-refractivity contribution is 0.306. The molecule has 13 nitrogen and oxygen atoms in total. The lowest BCUT2D eigenvalue weighted by Gasteiger charge is -2.06. The van der Waals surface area contributed by atoms with E-state index in [1.54, 1.807) is 74.6 Å². The minimum atomic E-state index is 0.179. The fraction of sp³-hybridized carbons (Fsp3) is 0.0455. The zero-order valence-corrected chi connectivity index (χ0v) is 30.4. The zero-order valence-electron chi connectivity index (χ0n) is 30.4. The van der Waals surface area contributed by atoms with Crippen LogP contribution in [0.1, 0.15) is 5.56 Å². The molecule has 0 bridgehead atoms. The summed E-state index contributed by atoms with van der Waals surface area (Å²) < 4.78 is 27.9. The average molecular weight is 756 g/mol. The van der Waals surface area contributed by atoms with Gasteiger partial charge in [0, 0.05) is 55.0 Å². The maximum Gasteiger partial charge on any atom is 0.228 e. The number of oxazole rings is 3. The number of aromatic nitrogens is 6. The Balaban J connectivity index is 0.000000125. The first kappa shape index (κ1) is 35.9. The molecule has 3 N–H and O–H groups in total. The number of aromatic hydroxyl groups is 1. The summed E-state index contributed by atoms with van der Waals surface area (Å²) in [6.07, 6.45) is 10.3. The number of phenols is 1. The van der Waals surface area contributed by atoms with Gasteiger partial charge in [0.2, 0.25) is 17.7 Å². The highest BCUT2D eigenvalue weighted by molar-refractivity contribution is 5.80. The van der Waals surface area contributed by atoms with E-state index in [1.807, 2.05) is 84.9 Å². The molecule has 0 saturated heterocycles. The van der Waals surface area contributed by atoms with Crippen molar-refractivity contribution in [2.75, 3.05) is 12.8 Å². The van der Waals surface area contributed by atoms with E-state index in [1.165, 1.54) is 0 Å². The van der Waals surface area contributed by atoms with Crippen molar-refractivity contribution >= 4 is 39.0 Å². The van der Waals surface area contributed by atoms with E-state index in [0.717, 1.165) is 56.0 Å². The van der Waals surface area contributed by atoms with E-state index in [4.69, 9.17) is 28.5 Å². The second-order valence-electron chi connectivity index (χ2n) is 12.4. The topological polar surface area (TPSA) is 181 Å². The number of nitrogen functional groups attached to an aromatic ring is 1. The van der Waals surface area contributed by atoms with Crippen LogP contribution < -0.4 is 15.2 Å². The molecule has 10 rings (SSSR count). The molecule has 13 heteroatoms. The first-order valence-electron chi connectivity index (χ1n) is 17.6. The van der Waals surface area contributed by atoms with Gasteiger partial charge in [-0.1, -0.05) is 12.1 Å². The van der Waals surface area contributed by atoms with Gasteiger partial charge in [0.15, 0.2) is 16.7 Å². The van der Waals surface area contributed by atoms with Crippen molar-refractivity contribution in [3.8, 4) is 51.6 Å². The normalized spacial score (nSPS) is 10.8. The first-order chi connectivity index (χ1) is 28.0. The van der Waals surface area contributed by atoms with Gasteiger partial charge >= 0.3 is 0 Å². The number of methoxy groups -OCH3 is 1. The first-order valence-corrected chi connectivity index (χ1v) is 17.6. The number of fused-ring (bicyclic) bond motifs is 3. The van der Waals surface area contributed by atoms with Gasteiger partial charge in [-0.05, 0) is 96.6 Å². The number of ether oxygens (including phenoxy) is 2. The molecule has 0 aliphatic heterocycles. The highest BCUT2D eigenvalue weighted by atomic mass is 16.5. The molecule has 10 aromatic rings. The van der Waals surface area contributed by atoms with Crippen molar-refractivity contribution in [1.82, 2.24) is 29.9 Å². The SMILES string of the molecule is COc1ccc(COc2ccc3oc(-c4cccnc4)nc3c2)cc1.Nc1ccc2oc(-c3cccnc3)nc2c1.Oc1ccc2oc(-c3cccnc3)nc2c1. The zero-order chi connectivity index (χ0) is 39.0. The summed E-state index contributed by atoms with van der Waals surface area (Å²) in [6.45, 7) is 0.475. The van der Waals surface area contributed by atoms with E-state index >= 15 is 0 Å². The van der Waals surface area contributed by atoms with Crippen molar-refractivity contribution in [3.05, 3.63) is 158 Å². The lowest BCUT2D eigenvalue weighted by atomic mass is 10.2. The predicted octanol–water partition coefficient (Wildman–Crippen LogP) is 9.54. The average Bonchev–Trinajstić information content (AvgIpc) is 4.01. The lowest BCUT2D eigenvalue weighted by Crippen LogP contribution is -1.95. The molecular weight excluding hydrogens is 723 g/mol. The van der Waals surface area contributed by atoms with Crippen LogP contribution in [0.5, 0.6) is 17.2 Å². The Hall–Kier alpha value is -8.06. The van der Waals surface area contributed by atoms with Gasteiger partial charge in [0.1, 0.15) is 40.4 Å². The summed E-state index contributed by atoms with van der Waals surface area (Å²) in [6, 6.07) is 34.9. The van der Waals surface area contributed by atoms with Crippen molar-refractivity contribution in [1.29, 1.82) is 0 Å². The van der Waals surface area contributed by atoms with Gasteiger partial charge in [-0.25, -0.2) is 15.0 Å². The van der Waals surface area contributed by atoms with Gasteiger partial charge in [0.05, 0.1) is 23.8 Å². The van der Waals surface area contributed by atoms with Crippen molar-refractivity contribution < 1.29 is 27.8 Å². The van der Waals surface area contributed by atoms with Gasteiger partial charge in [-0.2, -0.15) is 0 Å². The Morgan fingerprint density at radius 3 is 1.53 bits per heavy atom. The number of pyridine rings is 3. The second-order valence-corrected chi connectivity index (χ2v) is 12.4. The van der Waals surface area contributed by atoms with Gasteiger partial charge < -0.3 is 33.6 Å². The third-order valence-electron chi connectivity index (χ3n) is 8.43. The molecule has 6 heterocycles. The molecule has 4 aromatic carbocycles. The number of hydrogen-bond donors (Lipinski definition) is 2. The number of hydrogen-bond acceptors (Lipinski definition) is 13. The summed E-state index contributed by atoms with van der Waals surface area (Å²) in [4.78, 5) is 25.3. The maximum atomic E-state index is 9.32. The maximum absolute atomic E-state index is 9.32. The molecule has 0 radical (unpaired) electrons. The molecule has 57 heavy (non-hydrogen) atoms. The molecule has 6 aromatic heterocycles. The molecule has 0 aliphatic rings. The highest BCUT2D eigenvalue weighted by Crippen LogP contribution is 2.28. The Morgan fingerprint density at radius 1 is 0.544 bits per heavy atom. The summed E-state index contributed by atoms with van der Waals surface area (Å²) in [5.74, 6) is 3.38. The van der Waals surface area contributed by atoms with Crippen LogP contribution in [0.15, 0.2) is 166 Å². The van der Waals surface area contributed by atoms with Crippen LogP contribution in [-0.2, 0) is 6.61 Å². The van der Waals surface area contributed by atoms with E-state index in [0.29, 0.717) is 41.1 Å². The monoisotopic (exact) mass is 755 g/mol. The Bertz CT molecular complexity index is 2750. The number of phenolic OH excluding ortho intramolecular Hbond substituents is 1. The van der Waals surface area contributed by atoms with E-state index in [9.17, 15) is 5.11 Å². The number of nitrogens with two attached hydrogens (primary N) is 1. The Kier molecular flexibility index (Phi) is 10.4. The van der Waals surface area contributed by atoms with Crippen molar-refractivity contribution in [2.24, 2.45) is 0 Å². The van der Waals surface area contributed by atoms with Crippen LogP contribution in [0.2, 0.25) is 0 Å². The summed E-state index contributed by atoms with van der Waals surface area (Å²) in [7, 11) is 1.65. The van der Waals surface area contributed by atoms with Crippen LogP contribution in [0, 0.1) is 0 Å². The Labute approximate surface area is 325 Å². The van der Waals surface area contributed by atoms with Gasteiger partial charge in [-0.15, -0.1) is 0 Å². The van der Waals surface area contributed by atoms with E-state index < -0.39 is 0 Å². The van der Waals surface area contributed by atoms with Crippen molar-refractivity contribution in [2.45, 2.75) is 6.61 Å². The summed E-state index contributed by atoms with van der Waals surface area (Å²) in [5.41, 5.74) is 14.2. The Morgan fingerprint density at radius 2 is 1.02 bits per heavy atom. The third-order valence-corrected chi connectivity index (χ3v) is 8.43. The second kappa shape index (κ2) is 16.5. The summed E-state index contributed by atoms with van der Waals surface area (Å²) >= 11 is 0. The van der Waals surface area contributed by atoms with Gasteiger partial charge in [0.25, 0.3) is 0 Å². The van der Waals surface area contributed by atoms with Crippen LogP contribution in [0.25, 0.3) is 67.7 Å². The fourth-order valence-electron chi connectivity index (χ4n) is 5.58. The molecule has 0 spiro atoms. The number of anilines is 1. The van der Waals surface area contributed by atoms with Crippen LogP contribution in [0.4, 0.5) is 5.69 Å². The van der Waals surface area contributed by atoms with E-state index in [-0.39, 0.29) is 5.75 Å². The fourth-order valence-corrected chi connectivity index (χ4v) is 5.58. The van der Waals surface area contributed by atoms with E-state index in [2.05, 4.69) is 29.9 Å². The van der Waals surface area contributed by atoms with Crippen molar-refractivity contribution in [3.63, 3.8) is 0 Å². The molecule has 0 atom stereocenters. The molecule has 0 aliphatic carbocycles. The standard InChI is InChI=1S/C20H16N2O3.C12H9N3O.C12H8N2O2/c1-23-16-6-4-14(5-7-16)13-24-17-8-9-19-18(11-17)22-20(25-19)15-3-2-10-21-12-15;13-9-3-4-11-10(6-9)15-12(16-11)8-2-1-5-14-7-8;15-9-3-4-11-10(6-9)14-12(16-11)8-2-1-5-13-7-8/h2-12H,13H2,1H3;1-7H,13H2;1-7,15H. The minimum absolute atomic E-state index is 0.179. The van der Waals surface area contributed by atoms with Crippen LogP contribution in [0.3, 0.4) is 0 Å². The molecule has 0 saturated carbocycles. The number of benzene rings is 4.